The maximum Gasteiger partial charge on any atom is 0.334 e. The van der Waals surface area contributed by atoms with E-state index in [4.69, 9.17) is 14.2 Å². The summed E-state index contributed by atoms with van der Waals surface area (Å²) >= 11 is 0. The number of rotatable bonds is 8. The third-order valence-electron chi connectivity index (χ3n) is 5.18. The Morgan fingerprint density at radius 3 is 2.61 bits per heavy atom. The van der Waals surface area contributed by atoms with Crippen LogP contribution in [-0.2, 0) is 28.6 Å². The lowest BCUT2D eigenvalue weighted by Gasteiger charge is -2.36. The molecule has 1 aliphatic heterocycles. The molecule has 1 N–H and O–H groups in total. The van der Waals surface area contributed by atoms with E-state index in [2.05, 4.69) is 13.2 Å². The summed E-state index contributed by atoms with van der Waals surface area (Å²) < 4.78 is 15.6. The average Bonchev–Trinajstić information content (AvgIpc) is 2.90. The van der Waals surface area contributed by atoms with Crippen LogP contribution in [0.5, 0.6) is 0 Å². The third-order valence-corrected chi connectivity index (χ3v) is 5.18. The Balaban J connectivity index is 2.20. The van der Waals surface area contributed by atoms with Gasteiger partial charge in [0.05, 0.1) is 18.6 Å². The summed E-state index contributed by atoms with van der Waals surface area (Å²) in [6, 6.07) is 0. The van der Waals surface area contributed by atoms with E-state index < -0.39 is 30.1 Å². The van der Waals surface area contributed by atoms with E-state index in [1.165, 1.54) is 6.92 Å². The van der Waals surface area contributed by atoms with Gasteiger partial charge in [0, 0.05) is 24.5 Å². The molecular formula is C21H28O7. The zero-order valence-corrected chi connectivity index (χ0v) is 16.7. The molecule has 0 aromatic carbocycles. The van der Waals surface area contributed by atoms with Crippen molar-refractivity contribution in [2.45, 2.75) is 52.2 Å². The van der Waals surface area contributed by atoms with Crippen LogP contribution in [0.4, 0.5) is 0 Å². The molecule has 1 aliphatic carbocycles. The van der Waals surface area contributed by atoms with Crippen molar-refractivity contribution in [3.63, 3.8) is 0 Å². The molecule has 0 spiro atoms. The van der Waals surface area contributed by atoms with Crippen LogP contribution >= 0.6 is 0 Å². The van der Waals surface area contributed by atoms with Gasteiger partial charge in [0.15, 0.2) is 0 Å². The van der Waals surface area contributed by atoms with Gasteiger partial charge in [-0.25, -0.2) is 9.59 Å². The number of ether oxygens (including phenoxy) is 3. The van der Waals surface area contributed by atoms with Crippen LogP contribution in [0.25, 0.3) is 0 Å². The number of hydrogen-bond acceptors (Lipinski definition) is 7. The smallest absolute Gasteiger partial charge is 0.334 e. The molecule has 2 rings (SSSR count). The number of hydrogen-bond donors (Lipinski definition) is 1. The average molecular weight is 392 g/mol. The number of aliphatic hydroxyl groups is 1. The van der Waals surface area contributed by atoms with Gasteiger partial charge in [-0.2, -0.15) is 0 Å². The Labute approximate surface area is 165 Å². The minimum absolute atomic E-state index is 0.000378. The second-order valence-electron chi connectivity index (χ2n) is 7.44. The molecule has 0 aromatic rings. The number of aliphatic hydroxyl groups excluding tert-OH is 1. The second kappa shape index (κ2) is 9.19. The van der Waals surface area contributed by atoms with Crippen LogP contribution in [0, 0.1) is 11.8 Å². The SMILES string of the molecule is C=C(C)C(=O)OCC1=C([C@@H](C)CCCOC(C)=O)[C@@H](O)[C@H]2C(=C)C(=O)O[C@@H]2C1. The fraction of sp³-hybridized carbons (Fsp3) is 0.571. The number of carbonyl (C=O) groups is 3. The van der Waals surface area contributed by atoms with Gasteiger partial charge in [0.25, 0.3) is 0 Å². The Morgan fingerprint density at radius 1 is 1.32 bits per heavy atom. The minimum atomic E-state index is -0.944. The lowest BCUT2D eigenvalue weighted by molar-refractivity contribution is -0.141. The predicted molar refractivity (Wildman–Crippen MR) is 101 cm³/mol. The van der Waals surface area contributed by atoms with Crippen LogP contribution in [-0.4, -0.2) is 48.4 Å². The van der Waals surface area contributed by atoms with Crippen LogP contribution < -0.4 is 0 Å². The van der Waals surface area contributed by atoms with Crippen molar-refractivity contribution in [2.75, 3.05) is 13.2 Å². The van der Waals surface area contributed by atoms with E-state index in [1.807, 2.05) is 6.92 Å². The normalized spacial score (nSPS) is 25.1. The van der Waals surface area contributed by atoms with Gasteiger partial charge in [-0.15, -0.1) is 0 Å². The summed E-state index contributed by atoms with van der Waals surface area (Å²) in [7, 11) is 0. The van der Waals surface area contributed by atoms with Crippen molar-refractivity contribution < 1.29 is 33.7 Å². The second-order valence-corrected chi connectivity index (χ2v) is 7.44. The highest BCUT2D eigenvalue weighted by atomic mass is 16.6. The van der Waals surface area contributed by atoms with E-state index in [9.17, 15) is 19.5 Å². The minimum Gasteiger partial charge on any atom is -0.466 e. The first-order valence-electron chi connectivity index (χ1n) is 9.39. The monoisotopic (exact) mass is 392 g/mol. The molecule has 1 heterocycles. The topological polar surface area (TPSA) is 99.1 Å². The van der Waals surface area contributed by atoms with Crippen LogP contribution in [0.1, 0.15) is 40.0 Å². The Morgan fingerprint density at radius 2 is 2.00 bits per heavy atom. The van der Waals surface area contributed by atoms with E-state index in [0.29, 0.717) is 25.9 Å². The van der Waals surface area contributed by atoms with E-state index in [0.717, 1.165) is 11.1 Å². The summed E-state index contributed by atoms with van der Waals surface area (Å²) in [4.78, 5) is 34.6. The molecule has 2 aliphatic rings. The molecule has 0 radical (unpaired) electrons. The molecule has 7 nitrogen and oxygen atoms in total. The summed E-state index contributed by atoms with van der Waals surface area (Å²) in [6.45, 7) is 12.5. The predicted octanol–water partition coefficient (Wildman–Crippen LogP) is 2.24. The molecule has 0 saturated carbocycles. The fourth-order valence-corrected chi connectivity index (χ4v) is 3.79. The summed E-state index contributed by atoms with van der Waals surface area (Å²) in [5.74, 6) is -1.92. The number of fused-ring (bicyclic) bond motifs is 1. The third kappa shape index (κ3) is 4.90. The van der Waals surface area contributed by atoms with Crippen LogP contribution in [0.2, 0.25) is 0 Å². The van der Waals surface area contributed by atoms with Crippen molar-refractivity contribution in [3.8, 4) is 0 Å². The maximum absolute atomic E-state index is 11.9. The number of carbonyl (C=O) groups excluding carboxylic acids is 3. The van der Waals surface area contributed by atoms with Gasteiger partial charge in [-0.3, -0.25) is 4.79 Å². The van der Waals surface area contributed by atoms with Crippen molar-refractivity contribution in [1.82, 2.24) is 0 Å². The highest BCUT2D eigenvalue weighted by Gasteiger charge is 2.48. The fourth-order valence-electron chi connectivity index (χ4n) is 3.79. The molecule has 1 fully saturated rings. The van der Waals surface area contributed by atoms with Crippen molar-refractivity contribution in [3.05, 3.63) is 35.5 Å². The van der Waals surface area contributed by atoms with Gasteiger partial charge in [0.1, 0.15) is 12.7 Å². The van der Waals surface area contributed by atoms with Crippen LogP contribution in [0.15, 0.2) is 35.5 Å². The summed E-state index contributed by atoms with van der Waals surface area (Å²) in [5, 5.41) is 11.0. The highest BCUT2D eigenvalue weighted by molar-refractivity contribution is 5.91. The van der Waals surface area contributed by atoms with Gasteiger partial charge in [-0.05, 0) is 36.8 Å². The molecule has 0 amide bonds. The van der Waals surface area contributed by atoms with Crippen molar-refractivity contribution >= 4 is 17.9 Å². The number of esters is 3. The molecule has 4 atom stereocenters. The maximum atomic E-state index is 11.9. The molecule has 0 aromatic heterocycles. The first kappa shape index (κ1) is 21.9. The summed E-state index contributed by atoms with van der Waals surface area (Å²) in [5.41, 5.74) is 2.02. The van der Waals surface area contributed by atoms with Gasteiger partial charge < -0.3 is 19.3 Å². The molecule has 1 saturated heterocycles. The van der Waals surface area contributed by atoms with Gasteiger partial charge in [0.2, 0.25) is 0 Å². The molecule has 28 heavy (non-hydrogen) atoms. The van der Waals surface area contributed by atoms with Crippen LogP contribution in [0.3, 0.4) is 0 Å². The van der Waals surface area contributed by atoms with E-state index >= 15 is 0 Å². The standard InChI is InChI=1S/C21H28O7/c1-11(2)20(24)27-10-15-9-16-18(13(4)21(25)28-16)19(23)17(15)12(3)7-6-8-26-14(5)22/h12,16,18-19,23H,1,4,6-10H2,2-3,5H3/t12-,16+,18-,19+/m0/s1. The molecular weight excluding hydrogens is 364 g/mol. The molecule has 0 unspecified atom stereocenters. The Hall–Kier alpha value is -2.41. The molecule has 0 bridgehead atoms. The van der Waals surface area contributed by atoms with E-state index in [-0.39, 0.29) is 29.6 Å². The first-order valence-corrected chi connectivity index (χ1v) is 9.39. The summed E-state index contributed by atoms with van der Waals surface area (Å²) in [6.07, 6.45) is 0.210. The first-order chi connectivity index (χ1) is 13.1. The highest BCUT2D eigenvalue weighted by Crippen LogP contribution is 2.43. The quantitative estimate of drug-likeness (QED) is 0.222. The largest absolute Gasteiger partial charge is 0.466 e. The van der Waals surface area contributed by atoms with E-state index in [1.54, 1.807) is 6.92 Å². The lowest BCUT2D eigenvalue weighted by atomic mass is 9.73. The Bertz CT molecular complexity index is 718. The molecule has 7 heteroatoms. The Kier molecular flexibility index (Phi) is 7.18. The van der Waals surface area contributed by atoms with Crippen molar-refractivity contribution in [2.24, 2.45) is 11.8 Å². The zero-order chi connectivity index (χ0) is 21.0. The molecule has 154 valence electrons. The zero-order valence-electron chi connectivity index (χ0n) is 16.7. The van der Waals surface area contributed by atoms with Crippen molar-refractivity contribution in [1.29, 1.82) is 0 Å². The lowest BCUT2D eigenvalue weighted by Crippen LogP contribution is -2.39. The van der Waals surface area contributed by atoms with Gasteiger partial charge >= 0.3 is 17.9 Å². The van der Waals surface area contributed by atoms with Gasteiger partial charge in [-0.1, -0.05) is 20.1 Å².